The maximum Gasteiger partial charge on any atom is 0.233 e. The summed E-state index contributed by atoms with van der Waals surface area (Å²) in [5, 5.41) is 11.2. The van der Waals surface area contributed by atoms with Crippen molar-refractivity contribution in [3.8, 4) is 11.5 Å². The van der Waals surface area contributed by atoms with Crippen molar-refractivity contribution in [2.75, 3.05) is 19.5 Å². The Hall–Kier alpha value is -2.93. The van der Waals surface area contributed by atoms with Gasteiger partial charge in [-0.3, -0.25) is 4.79 Å². The predicted molar refractivity (Wildman–Crippen MR) is 108 cm³/mol. The van der Waals surface area contributed by atoms with Crippen LogP contribution in [0.1, 0.15) is 29.5 Å². The number of nitrogens with zero attached hydrogens (tertiary/aromatic N) is 2. The maximum absolute atomic E-state index is 13.4. The summed E-state index contributed by atoms with van der Waals surface area (Å²) in [6, 6.07) is 13.9. The van der Waals surface area contributed by atoms with Crippen molar-refractivity contribution in [2.24, 2.45) is 5.41 Å². The van der Waals surface area contributed by atoms with Crippen LogP contribution in [0.15, 0.2) is 48.0 Å². The molecule has 0 unspecified atom stereocenters. The van der Waals surface area contributed by atoms with Crippen molar-refractivity contribution in [3.63, 3.8) is 0 Å². The van der Waals surface area contributed by atoms with Crippen LogP contribution < -0.4 is 14.8 Å². The first-order chi connectivity index (χ1) is 13.5. The summed E-state index contributed by atoms with van der Waals surface area (Å²) in [6.45, 7) is 2.00. The maximum atomic E-state index is 13.4. The number of carbonyl (C=O) groups excluding carboxylic acids is 1. The Morgan fingerprint density at radius 1 is 1.18 bits per heavy atom. The van der Waals surface area contributed by atoms with E-state index in [0.717, 1.165) is 28.2 Å². The second kappa shape index (κ2) is 7.24. The van der Waals surface area contributed by atoms with E-state index in [2.05, 4.69) is 15.5 Å². The van der Waals surface area contributed by atoms with Crippen molar-refractivity contribution in [3.05, 3.63) is 64.7 Å². The zero-order valence-electron chi connectivity index (χ0n) is 15.9. The number of carbonyl (C=O) groups is 1. The Balaban J connectivity index is 1.81. The highest BCUT2D eigenvalue weighted by atomic mass is 32.1. The third-order valence-electron chi connectivity index (χ3n) is 5.39. The van der Waals surface area contributed by atoms with Gasteiger partial charge in [0, 0.05) is 5.92 Å². The van der Waals surface area contributed by atoms with E-state index >= 15 is 0 Å². The average molecular weight is 395 g/mol. The van der Waals surface area contributed by atoms with Crippen molar-refractivity contribution >= 4 is 22.4 Å². The molecule has 2 aromatic carbocycles. The second-order valence-electron chi connectivity index (χ2n) is 7.07. The van der Waals surface area contributed by atoms with Crippen LogP contribution in [0, 0.1) is 5.41 Å². The monoisotopic (exact) mass is 395 g/mol. The van der Waals surface area contributed by atoms with Gasteiger partial charge in [-0.2, -0.15) is 0 Å². The number of anilines is 1. The van der Waals surface area contributed by atoms with E-state index in [1.54, 1.807) is 19.7 Å². The number of amides is 1. The van der Waals surface area contributed by atoms with Gasteiger partial charge in [0.1, 0.15) is 17.0 Å². The number of hydrogen-bond donors (Lipinski definition) is 1. The number of nitrogens with one attached hydrogen (secondary N) is 1. The molecule has 28 heavy (non-hydrogen) atoms. The molecule has 3 aromatic rings. The van der Waals surface area contributed by atoms with Gasteiger partial charge >= 0.3 is 0 Å². The minimum atomic E-state index is -0.688. The third-order valence-corrected chi connectivity index (χ3v) is 5.99. The number of hydrogen-bond acceptors (Lipinski definition) is 6. The summed E-state index contributed by atoms with van der Waals surface area (Å²) in [5.74, 6) is 1.33. The molecule has 7 heteroatoms. The largest absolute Gasteiger partial charge is 0.497 e. The zero-order valence-corrected chi connectivity index (χ0v) is 16.7. The Labute approximate surface area is 167 Å². The number of aromatic nitrogens is 2. The summed E-state index contributed by atoms with van der Waals surface area (Å²) in [6.07, 6.45) is 0.624. The Kier molecular flexibility index (Phi) is 4.77. The van der Waals surface area contributed by atoms with Crippen LogP contribution in [0.4, 0.5) is 5.13 Å². The van der Waals surface area contributed by atoms with E-state index in [1.165, 1.54) is 11.3 Å². The van der Waals surface area contributed by atoms with Gasteiger partial charge in [0.2, 0.25) is 11.0 Å². The SMILES string of the molecule is COc1cccc([C@H]2c3cc(OC)ccc3C[C@@]2(C)C(=O)Nc2nncs2)c1. The number of benzene rings is 2. The normalized spacial score (nSPS) is 20.5. The molecule has 2 atom stereocenters. The van der Waals surface area contributed by atoms with Crippen LogP contribution in [0.2, 0.25) is 0 Å². The van der Waals surface area contributed by atoms with Gasteiger partial charge in [0.15, 0.2) is 0 Å². The fraction of sp³-hybridized carbons (Fsp3) is 0.286. The standard InChI is InChI=1S/C21H21N3O3S/c1-21(19(25)23-20-24-22-12-28-20)11-14-7-8-16(27-3)10-17(14)18(21)13-5-4-6-15(9-13)26-2/h4-10,12,18H,11H2,1-3H3,(H,23,24,25)/t18-,21+/m0/s1. The first-order valence-corrected chi connectivity index (χ1v) is 9.81. The Morgan fingerprint density at radius 2 is 1.96 bits per heavy atom. The first kappa shape index (κ1) is 18.4. The van der Waals surface area contributed by atoms with E-state index in [9.17, 15) is 4.79 Å². The highest BCUT2D eigenvalue weighted by Crippen LogP contribution is 2.52. The smallest absolute Gasteiger partial charge is 0.233 e. The van der Waals surface area contributed by atoms with Crippen LogP contribution in [0.5, 0.6) is 11.5 Å². The Morgan fingerprint density at radius 3 is 2.68 bits per heavy atom. The molecule has 1 aliphatic rings. The minimum absolute atomic E-state index is 0.0766. The number of fused-ring (bicyclic) bond motifs is 1. The van der Waals surface area contributed by atoms with Gasteiger partial charge in [-0.25, -0.2) is 0 Å². The average Bonchev–Trinajstić information content (AvgIpc) is 3.32. The van der Waals surface area contributed by atoms with Crippen molar-refractivity contribution in [1.29, 1.82) is 0 Å². The van der Waals surface area contributed by atoms with Crippen LogP contribution in [0.25, 0.3) is 0 Å². The third kappa shape index (κ3) is 3.11. The molecular formula is C21H21N3O3S. The summed E-state index contributed by atoms with van der Waals surface area (Å²) in [4.78, 5) is 13.4. The van der Waals surface area contributed by atoms with Gasteiger partial charge in [0.25, 0.3) is 0 Å². The first-order valence-electron chi connectivity index (χ1n) is 8.93. The molecule has 6 nitrogen and oxygen atoms in total. The molecule has 1 aromatic heterocycles. The molecule has 0 radical (unpaired) electrons. The molecule has 0 aliphatic heterocycles. The van der Waals surface area contributed by atoms with Crippen LogP contribution >= 0.6 is 11.3 Å². The lowest BCUT2D eigenvalue weighted by Crippen LogP contribution is -2.37. The highest BCUT2D eigenvalue weighted by molar-refractivity contribution is 7.13. The molecule has 4 rings (SSSR count). The van der Waals surface area contributed by atoms with E-state index in [0.29, 0.717) is 11.6 Å². The fourth-order valence-electron chi connectivity index (χ4n) is 4.02. The van der Waals surface area contributed by atoms with E-state index in [-0.39, 0.29) is 11.8 Å². The molecule has 1 aliphatic carbocycles. The van der Waals surface area contributed by atoms with E-state index in [4.69, 9.17) is 9.47 Å². The van der Waals surface area contributed by atoms with E-state index in [1.807, 2.05) is 49.4 Å². The fourth-order valence-corrected chi connectivity index (χ4v) is 4.46. The molecular weight excluding hydrogens is 374 g/mol. The predicted octanol–water partition coefficient (Wildman–Crippen LogP) is 3.89. The Bertz CT molecular complexity index is 1010. The topological polar surface area (TPSA) is 73.3 Å². The van der Waals surface area contributed by atoms with Gasteiger partial charge in [-0.05, 0) is 54.3 Å². The molecule has 1 N–H and O–H groups in total. The summed E-state index contributed by atoms with van der Waals surface area (Å²) in [7, 11) is 3.30. The van der Waals surface area contributed by atoms with Crippen LogP contribution in [-0.4, -0.2) is 30.3 Å². The molecule has 0 bridgehead atoms. The van der Waals surface area contributed by atoms with Crippen LogP contribution in [-0.2, 0) is 11.2 Å². The molecule has 0 spiro atoms. The quantitative estimate of drug-likeness (QED) is 0.710. The second-order valence-corrected chi connectivity index (χ2v) is 7.90. The summed E-state index contributed by atoms with van der Waals surface area (Å²) in [5.41, 5.74) is 4.19. The van der Waals surface area contributed by atoms with Gasteiger partial charge in [-0.1, -0.05) is 29.5 Å². The van der Waals surface area contributed by atoms with Gasteiger partial charge in [0.05, 0.1) is 19.6 Å². The molecule has 1 heterocycles. The lowest BCUT2D eigenvalue weighted by molar-refractivity contribution is -0.125. The molecule has 0 saturated carbocycles. The lowest BCUT2D eigenvalue weighted by atomic mass is 9.73. The minimum Gasteiger partial charge on any atom is -0.497 e. The zero-order chi connectivity index (χ0) is 19.7. The van der Waals surface area contributed by atoms with Crippen molar-refractivity contribution in [1.82, 2.24) is 10.2 Å². The van der Waals surface area contributed by atoms with Gasteiger partial charge < -0.3 is 14.8 Å². The summed E-state index contributed by atoms with van der Waals surface area (Å²) >= 11 is 1.31. The van der Waals surface area contributed by atoms with Gasteiger partial charge in [-0.15, -0.1) is 10.2 Å². The highest BCUT2D eigenvalue weighted by Gasteiger charge is 2.49. The number of ether oxygens (including phenoxy) is 2. The van der Waals surface area contributed by atoms with Crippen LogP contribution in [0.3, 0.4) is 0 Å². The molecule has 144 valence electrons. The number of methoxy groups -OCH3 is 2. The van der Waals surface area contributed by atoms with Crippen molar-refractivity contribution < 1.29 is 14.3 Å². The van der Waals surface area contributed by atoms with Crippen molar-refractivity contribution in [2.45, 2.75) is 19.3 Å². The molecule has 0 saturated heterocycles. The molecule has 1 amide bonds. The molecule has 0 fully saturated rings. The lowest BCUT2D eigenvalue weighted by Gasteiger charge is -2.31. The van der Waals surface area contributed by atoms with E-state index < -0.39 is 5.41 Å². The summed E-state index contributed by atoms with van der Waals surface area (Å²) < 4.78 is 10.9. The number of rotatable bonds is 5.